The molecule has 104 valence electrons. The number of halogens is 1. The van der Waals surface area contributed by atoms with Crippen molar-refractivity contribution in [1.29, 1.82) is 0 Å². The lowest BCUT2D eigenvalue weighted by Crippen LogP contribution is -2.13. The third-order valence-electron chi connectivity index (χ3n) is 3.37. The second kappa shape index (κ2) is 5.87. The minimum atomic E-state index is -0.418. The molecular weight excluding hydrogens is 255 g/mol. The van der Waals surface area contributed by atoms with Gasteiger partial charge in [-0.25, -0.2) is 4.39 Å². The Hall–Kier alpha value is -2.16. The topological polar surface area (TPSA) is 26.3 Å². The molecule has 0 aliphatic heterocycles. The van der Waals surface area contributed by atoms with E-state index in [1.54, 1.807) is 6.07 Å². The number of ketones is 1. The van der Waals surface area contributed by atoms with E-state index in [2.05, 4.69) is 0 Å². The van der Waals surface area contributed by atoms with E-state index in [0.717, 1.165) is 22.4 Å². The van der Waals surface area contributed by atoms with Crippen LogP contribution in [0.3, 0.4) is 0 Å². The maximum absolute atomic E-state index is 13.1. The van der Waals surface area contributed by atoms with Gasteiger partial charge in [0.1, 0.15) is 11.6 Å². The Balaban J connectivity index is 2.13. The lowest BCUT2D eigenvalue weighted by molar-refractivity contribution is 0.0920. The van der Waals surface area contributed by atoms with Crippen LogP contribution in [0.4, 0.5) is 4.39 Å². The summed E-state index contributed by atoms with van der Waals surface area (Å²) in [5.74, 6) is 0.0818. The summed E-state index contributed by atoms with van der Waals surface area (Å²) in [6.45, 7) is 5.81. The quantitative estimate of drug-likeness (QED) is 0.786. The third kappa shape index (κ3) is 3.05. The molecule has 0 unspecified atom stereocenters. The molecule has 0 bridgehead atoms. The van der Waals surface area contributed by atoms with Crippen LogP contribution in [0.25, 0.3) is 0 Å². The minimum absolute atomic E-state index is 0.0887. The van der Waals surface area contributed by atoms with E-state index in [1.165, 1.54) is 18.2 Å². The predicted octanol–water partition coefficient (Wildman–Crippen LogP) is 4.01. The zero-order valence-electron chi connectivity index (χ0n) is 11.9. The summed E-state index contributed by atoms with van der Waals surface area (Å²) < 4.78 is 18.7. The second-order valence-corrected chi connectivity index (χ2v) is 4.88. The van der Waals surface area contributed by atoms with Crippen molar-refractivity contribution < 1.29 is 13.9 Å². The summed E-state index contributed by atoms with van der Waals surface area (Å²) >= 11 is 0. The first-order chi connectivity index (χ1) is 9.49. The Labute approximate surface area is 118 Å². The highest BCUT2D eigenvalue weighted by atomic mass is 19.1. The Morgan fingerprint density at radius 3 is 2.50 bits per heavy atom. The van der Waals surface area contributed by atoms with Crippen molar-refractivity contribution in [2.24, 2.45) is 0 Å². The SMILES string of the molecule is Cc1ccc(C)c(OCC(=O)c2cccc(F)c2)c1C. The van der Waals surface area contributed by atoms with Gasteiger partial charge in [0.05, 0.1) is 0 Å². The Morgan fingerprint density at radius 1 is 1.10 bits per heavy atom. The van der Waals surface area contributed by atoms with Crippen molar-refractivity contribution in [1.82, 2.24) is 0 Å². The molecular formula is C17H17FO2. The van der Waals surface area contributed by atoms with Crippen LogP contribution in [0.15, 0.2) is 36.4 Å². The summed E-state index contributed by atoms with van der Waals surface area (Å²) in [5, 5.41) is 0. The summed E-state index contributed by atoms with van der Waals surface area (Å²) in [6, 6.07) is 9.63. The summed E-state index contributed by atoms with van der Waals surface area (Å²) in [7, 11) is 0. The predicted molar refractivity (Wildman–Crippen MR) is 76.9 cm³/mol. The molecule has 0 saturated carbocycles. The van der Waals surface area contributed by atoms with Crippen LogP contribution in [0.1, 0.15) is 27.0 Å². The molecule has 0 radical (unpaired) electrons. The highest BCUT2D eigenvalue weighted by molar-refractivity contribution is 5.97. The number of rotatable bonds is 4. The minimum Gasteiger partial charge on any atom is -0.485 e. The lowest BCUT2D eigenvalue weighted by Gasteiger charge is -2.13. The van der Waals surface area contributed by atoms with Crippen molar-refractivity contribution in [3.63, 3.8) is 0 Å². The summed E-state index contributed by atoms with van der Waals surface area (Å²) in [5.41, 5.74) is 3.45. The molecule has 2 aromatic carbocycles. The first-order valence-electron chi connectivity index (χ1n) is 6.47. The van der Waals surface area contributed by atoms with Crippen molar-refractivity contribution >= 4 is 5.78 Å². The Bertz CT molecular complexity index is 647. The fourth-order valence-corrected chi connectivity index (χ4v) is 2.03. The van der Waals surface area contributed by atoms with Crippen molar-refractivity contribution in [3.05, 3.63) is 64.5 Å². The van der Waals surface area contributed by atoms with Gasteiger partial charge in [-0.15, -0.1) is 0 Å². The molecule has 2 aromatic rings. The zero-order valence-corrected chi connectivity index (χ0v) is 11.9. The molecule has 2 nitrogen and oxygen atoms in total. The molecule has 0 N–H and O–H groups in total. The van der Waals surface area contributed by atoms with E-state index >= 15 is 0 Å². The van der Waals surface area contributed by atoms with Crippen molar-refractivity contribution in [2.45, 2.75) is 20.8 Å². The van der Waals surface area contributed by atoms with Gasteiger partial charge >= 0.3 is 0 Å². The van der Waals surface area contributed by atoms with Gasteiger partial charge in [-0.1, -0.05) is 24.3 Å². The summed E-state index contributed by atoms with van der Waals surface area (Å²) in [6.07, 6.45) is 0. The third-order valence-corrected chi connectivity index (χ3v) is 3.37. The van der Waals surface area contributed by atoms with Crippen LogP contribution in [-0.2, 0) is 0 Å². The molecule has 2 rings (SSSR count). The number of ether oxygens (including phenoxy) is 1. The highest BCUT2D eigenvalue weighted by Gasteiger charge is 2.11. The number of carbonyl (C=O) groups is 1. The first-order valence-corrected chi connectivity index (χ1v) is 6.47. The normalized spacial score (nSPS) is 10.4. The maximum atomic E-state index is 13.1. The average Bonchev–Trinajstić information content (AvgIpc) is 2.43. The van der Waals surface area contributed by atoms with Crippen molar-refractivity contribution in [3.8, 4) is 5.75 Å². The molecule has 0 aliphatic rings. The van der Waals surface area contributed by atoms with E-state index in [4.69, 9.17) is 4.74 Å². The average molecular weight is 272 g/mol. The lowest BCUT2D eigenvalue weighted by atomic mass is 10.1. The molecule has 3 heteroatoms. The van der Waals surface area contributed by atoms with Gasteiger partial charge in [-0.2, -0.15) is 0 Å². The zero-order chi connectivity index (χ0) is 14.7. The van der Waals surface area contributed by atoms with E-state index in [0.29, 0.717) is 5.56 Å². The van der Waals surface area contributed by atoms with Gasteiger partial charge in [0.15, 0.2) is 12.4 Å². The van der Waals surface area contributed by atoms with Gasteiger partial charge in [-0.05, 0) is 49.6 Å². The van der Waals surface area contributed by atoms with Crippen LogP contribution in [-0.4, -0.2) is 12.4 Å². The van der Waals surface area contributed by atoms with Gasteiger partial charge < -0.3 is 4.74 Å². The van der Waals surface area contributed by atoms with Gasteiger partial charge in [0.2, 0.25) is 0 Å². The number of hydrogen-bond donors (Lipinski definition) is 0. The molecule has 0 spiro atoms. The number of aryl methyl sites for hydroxylation is 2. The molecule has 0 aromatic heterocycles. The number of hydrogen-bond acceptors (Lipinski definition) is 2. The van der Waals surface area contributed by atoms with Crippen LogP contribution >= 0.6 is 0 Å². The molecule has 0 aliphatic carbocycles. The monoisotopic (exact) mass is 272 g/mol. The second-order valence-electron chi connectivity index (χ2n) is 4.88. The molecule has 0 amide bonds. The number of benzene rings is 2. The van der Waals surface area contributed by atoms with E-state index in [-0.39, 0.29) is 12.4 Å². The fraction of sp³-hybridized carbons (Fsp3) is 0.235. The highest BCUT2D eigenvalue weighted by Crippen LogP contribution is 2.25. The van der Waals surface area contributed by atoms with Crippen molar-refractivity contribution in [2.75, 3.05) is 6.61 Å². The van der Waals surface area contributed by atoms with Crippen LogP contribution in [0.5, 0.6) is 5.75 Å². The van der Waals surface area contributed by atoms with E-state index < -0.39 is 5.82 Å². The standard InChI is InChI=1S/C17H17FO2/c1-11-7-8-12(2)17(13(11)3)20-10-16(19)14-5-4-6-15(18)9-14/h4-9H,10H2,1-3H3. The first kappa shape index (κ1) is 14.3. The van der Waals surface area contributed by atoms with E-state index in [9.17, 15) is 9.18 Å². The van der Waals surface area contributed by atoms with E-state index in [1.807, 2.05) is 32.9 Å². The van der Waals surface area contributed by atoms with Crippen LogP contribution in [0.2, 0.25) is 0 Å². The van der Waals surface area contributed by atoms with Gasteiger partial charge in [0, 0.05) is 5.56 Å². The molecule has 0 atom stereocenters. The number of carbonyl (C=O) groups excluding carboxylic acids is 1. The van der Waals surface area contributed by atoms with Crippen LogP contribution < -0.4 is 4.74 Å². The molecule has 0 heterocycles. The largest absolute Gasteiger partial charge is 0.485 e. The number of Topliss-reactive ketones (excluding diaryl/α,β-unsaturated/α-hetero) is 1. The molecule has 0 fully saturated rings. The summed E-state index contributed by atoms with van der Waals surface area (Å²) in [4.78, 5) is 12.0. The molecule has 0 saturated heterocycles. The Morgan fingerprint density at radius 2 is 1.80 bits per heavy atom. The Kier molecular flexibility index (Phi) is 4.18. The van der Waals surface area contributed by atoms with Gasteiger partial charge in [-0.3, -0.25) is 4.79 Å². The molecule has 20 heavy (non-hydrogen) atoms. The van der Waals surface area contributed by atoms with Crippen LogP contribution in [0, 0.1) is 26.6 Å². The van der Waals surface area contributed by atoms with Gasteiger partial charge in [0.25, 0.3) is 0 Å². The fourth-order valence-electron chi connectivity index (χ4n) is 2.03. The smallest absolute Gasteiger partial charge is 0.200 e. The maximum Gasteiger partial charge on any atom is 0.200 e.